The number of rotatable bonds is 4. The first-order valence-corrected chi connectivity index (χ1v) is 12.6. The molecule has 0 saturated carbocycles. The summed E-state index contributed by atoms with van der Waals surface area (Å²) in [5.74, 6) is -0.457. The third-order valence-corrected chi connectivity index (χ3v) is 6.42. The van der Waals surface area contributed by atoms with Gasteiger partial charge in [-0.15, -0.1) is 0 Å². The number of anilines is 1. The summed E-state index contributed by atoms with van der Waals surface area (Å²) in [5, 5.41) is 0. The van der Waals surface area contributed by atoms with Crippen LogP contribution >= 0.6 is 31.9 Å². The van der Waals surface area contributed by atoms with Gasteiger partial charge in [0, 0.05) is 41.3 Å². The lowest BCUT2D eigenvalue weighted by Crippen LogP contribution is -2.61. The normalized spacial score (nSPS) is 16.4. The standard InChI is InChI=1S/C25H30Br2FN3O3/c1-16-10-20(28)6-7-21(16)31-9-8-30(24(33)34-25(2,3)4)15-22(31)23(32)29(5)14-17-11-18(26)13-19(27)12-17/h6-7,10-13,22H,8-9,14-15H2,1-5H3. The number of halogens is 3. The summed E-state index contributed by atoms with van der Waals surface area (Å²) in [6, 6.07) is 9.77. The van der Waals surface area contributed by atoms with Crippen molar-refractivity contribution in [2.45, 2.75) is 45.9 Å². The molecule has 0 aliphatic carbocycles. The van der Waals surface area contributed by atoms with Crippen molar-refractivity contribution in [1.82, 2.24) is 9.80 Å². The van der Waals surface area contributed by atoms with Crippen LogP contribution in [0.25, 0.3) is 0 Å². The van der Waals surface area contributed by atoms with Crippen molar-refractivity contribution in [1.29, 1.82) is 0 Å². The van der Waals surface area contributed by atoms with E-state index in [-0.39, 0.29) is 18.3 Å². The predicted molar refractivity (Wildman–Crippen MR) is 138 cm³/mol. The van der Waals surface area contributed by atoms with Crippen LogP contribution in [0.4, 0.5) is 14.9 Å². The third-order valence-electron chi connectivity index (χ3n) is 5.50. The number of hydrogen-bond donors (Lipinski definition) is 0. The minimum absolute atomic E-state index is 0.131. The first-order chi connectivity index (χ1) is 15.8. The van der Waals surface area contributed by atoms with Crippen LogP contribution in [0.1, 0.15) is 31.9 Å². The summed E-state index contributed by atoms with van der Waals surface area (Å²) in [6.45, 7) is 8.67. The molecule has 2 aromatic carbocycles. The molecule has 1 aliphatic rings. The molecule has 0 N–H and O–H groups in total. The maximum atomic E-state index is 13.8. The molecule has 2 aromatic rings. The molecule has 0 spiro atoms. The number of amides is 2. The van der Waals surface area contributed by atoms with Gasteiger partial charge in [-0.3, -0.25) is 4.79 Å². The average Bonchev–Trinajstić information content (AvgIpc) is 2.71. The number of benzene rings is 2. The Morgan fingerprint density at radius 3 is 2.35 bits per heavy atom. The lowest BCUT2D eigenvalue weighted by molar-refractivity contribution is -0.132. The maximum Gasteiger partial charge on any atom is 0.410 e. The SMILES string of the molecule is Cc1cc(F)ccc1N1CCN(C(=O)OC(C)(C)C)CC1C(=O)N(C)Cc1cc(Br)cc(Br)c1. The van der Waals surface area contributed by atoms with Crippen LogP contribution in [0.2, 0.25) is 0 Å². The Labute approximate surface area is 217 Å². The maximum absolute atomic E-state index is 13.8. The Balaban J connectivity index is 1.88. The summed E-state index contributed by atoms with van der Waals surface area (Å²) < 4.78 is 21.1. The molecule has 0 bridgehead atoms. The molecular formula is C25H30Br2FN3O3. The van der Waals surface area contributed by atoms with Crippen LogP contribution in [0, 0.1) is 12.7 Å². The molecule has 6 nitrogen and oxygen atoms in total. The topological polar surface area (TPSA) is 53.1 Å². The summed E-state index contributed by atoms with van der Waals surface area (Å²) in [6.07, 6.45) is -0.445. The van der Waals surface area contributed by atoms with E-state index in [1.807, 2.05) is 50.8 Å². The molecule has 34 heavy (non-hydrogen) atoms. The summed E-state index contributed by atoms with van der Waals surface area (Å²) >= 11 is 6.98. The van der Waals surface area contributed by atoms with Crippen molar-refractivity contribution in [3.05, 3.63) is 62.3 Å². The lowest BCUT2D eigenvalue weighted by atomic mass is 10.1. The first-order valence-electron chi connectivity index (χ1n) is 11.0. The van der Waals surface area contributed by atoms with Crippen LogP contribution in [0.15, 0.2) is 45.3 Å². The third kappa shape index (κ3) is 6.72. The number of hydrogen-bond acceptors (Lipinski definition) is 4. The van der Waals surface area contributed by atoms with Gasteiger partial charge < -0.3 is 19.4 Å². The zero-order chi connectivity index (χ0) is 25.2. The van der Waals surface area contributed by atoms with Gasteiger partial charge in [0.1, 0.15) is 17.5 Å². The second-order valence-electron chi connectivity index (χ2n) is 9.54. The Hall–Kier alpha value is -2.13. The van der Waals surface area contributed by atoms with E-state index in [2.05, 4.69) is 31.9 Å². The number of nitrogens with zero attached hydrogens (tertiary/aromatic N) is 3. The van der Waals surface area contributed by atoms with Crippen molar-refractivity contribution in [2.75, 3.05) is 31.6 Å². The second kappa shape index (κ2) is 10.6. The van der Waals surface area contributed by atoms with Gasteiger partial charge in [-0.1, -0.05) is 31.9 Å². The Morgan fingerprint density at radius 2 is 1.76 bits per heavy atom. The van der Waals surface area contributed by atoms with Crippen molar-refractivity contribution in [2.24, 2.45) is 0 Å². The molecule has 9 heteroatoms. The molecular weight excluding hydrogens is 569 g/mol. The van der Waals surface area contributed by atoms with Crippen LogP contribution in [0.3, 0.4) is 0 Å². The molecule has 1 unspecified atom stereocenters. The quantitative estimate of drug-likeness (QED) is 0.450. The van der Waals surface area contributed by atoms with Gasteiger partial charge in [0.05, 0.1) is 6.54 Å². The molecule has 0 radical (unpaired) electrons. The van der Waals surface area contributed by atoms with Gasteiger partial charge in [-0.05, 0) is 75.2 Å². The van der Waals surface area contributed by atoms with E-state index in [1.54, 1.807) is 22.9 Å². The van der Waals surface area contributed by atoms with E-state index in [0.29, 0.717) is 19.6 Å². The molecule has 3 rings (SSSR count). The van der Waals surface area contributed by atoms with Crippen LogP contribution in [0.5, 0.6) is 0 Å². The number of carbonyl (C=O) groups excluding carboxylic acids is 2. The summed E-state index contributed by atoms with van der Waals surface area (Å²) in [7, 11) is 1.75. The number of likely N-dealkylation sites (N-methyl/N-ethyl adjacent to an activating group) is 1. The first kappa shape index (κ1) is 26.5. The molecule has 1 aliphatic heterocycles. The molecule has 1 fully saturated rings. The molecule has 184 valence electrons. The summed E-state index contributed by atoms with van der Waals surface area (Å²) in [5.41, 5.74) is 1.84. The minimum Gasteiger partial charge on any atom is -0.444 e. The average molecular weight is 599 g/mol. The van der Waals surface area contributed by atoms with E-state index in [0.717, 1.165) is 25.8 Å². The molecule has 1 atom stereocenters. The monoisotopic (exact) mass is 597 g/mol. The van der Waals surface area contributed by atoms with Gasteiger partial charge in [-0.25, -0.2) is 9.18 Å². The molecule has 1 saturated heterocycles. The van der Waals surface area contributed by atoms with Gasteiger partial charge in [-0.2, -0.15) is 0 Å². The Morgan fingerprint density at radius 1 is 1.12 bits per heavy atom. The highest BCUT2D eigenvalue weighted by Crippen LogP contribution is 2.28. The minimum atomic E-state index is -0.633. The highest BCUT2D eigenvalue weighted by atomic mass is 79.9. The van der Waals surface area contributed by atoms with Crippen molar-refractivity contribution in [3.63, 3.8) is 0 Å². The largest absolute Gasteiger partial charge is 0.444 e. The van der Waals surface area contributed by atoms with E-state index < -0.39 is 17.7 Å². The van der Waals surface area contributed by atoms with Crippen LogP contribution in [-0.2, 0) is 16.1 Å². The fourth-order valence-electron chi connectivity index (χ4n) is 4.02. The van der Waals surface area contributed by atoms with E-state index >= 15 is 0 Å². The van der Waals surface area contributed by atoms with Gasteiger partial charge in [0.15, 0.2) is 0 Å². The zero-order valence-electron chi connectivity index (χ0n) is 20.1. The van der Waals surface area contributed by atoms with Crippen molar-refractivity contribution in [3.8, 4) is 0 Å². The van der Waals surface area contributed by atoms with Crippen LogP contribution in [-0.4, -0.2) is 60.1 Å². The van der Waals surface area contributed by atoms with E-state index in [9.17, 15) is 14.0 Å². The number of carbonyl (C=O) groups is 2. The highest BCUT2D eigenvalue weighted by molar-refractivity contribution is 9.11. The molecule has 0 aromatic heterocycles. The fraction of sp³-hybridized carbons (Fsp3) is 0.440. The van der Waals surface area contributed by atoms with Gasteiger partial charge >= 0.3 is 6.09 Å². The van der Waals surface area contributed by atoms with Gasteiger partial charge in [0.25, 0.3) is 0 Å². The molecule has 1 heterocycles. The van der Waals surface area contributed by atoms with Gasteiger partial charge in [0.2, 0.25) is 5.91 Å². The number of ether oxygens (including phenoxy) is 1. The van der Waals surface area contributed by atoms with E-state index in [1.165, 1.54) is 12.1 Å². The fourth-order valence-corrected chi connectivity index (χ4v) is 5.41. The number of piperazine rings is 1. The zero-order valence-corrected chi connectivity index (χ0v) is 23.2. The smallest absolute Gasteiger partial charge is 0.410 e. The van der Waals surface area contributed by atoms with Crippen LogP contribution < -0.4 is 4.90 Å². The van der Waals surface area contributed by atoms with E-state index in [4.69, 9.17) is 4.74 Å². The predicted octanol–water partition coefficient (Wildman–Crippen LogP) is 5.74. The number of aryl methyl sites for hydroxylation is 1. The van der Waals surface area contributed by atoms with Crippen molar-refractivity contribution < 1.29 is 18.7 Å². The highest BCUT2D eigenvalue weighted by Gasteiger charge is 2.38. The Bertz CT molecular complexity index is 1050. The lowest BCUT2D eigenvalue weighted by Gasteiger charge is -2.43. The Kier molecular flexibility index (Phi) is 8.29. The summed E-state index contributed by atoms with van der Waals surface area (Å²) in [4.78, 5) is 31.7. The molecule has 2 amide bonds. The van der Waals surface area contributed by atoms with Crippen molar-refractivity contribution >= 4 is 49.5 Å². The second-order valence-corrected chi connectivity index (χ2v) is 11.4.